The van der Waals surface area contributed by atoms with Gasteiger partial charge in [-0.1, -0.05) is 25.7 Å². The van der Waals surface area contributed by atoms with Crippen molar-refractivity contribution in [2.24, 2.45) is 5.73 Å². The molecule has 0 bridgehead atoms. The molecular formula is C13H27N3O. The van der Waals surface area contributed by atoms with Gasteiger partial charge < -0.3 is 16.0 Å². The van der Waals surface area contributed by atoms with Crippen molar-refractivity contribution < 1.29 is 4.79 Å². The van der Waals surface area contributed by atoms with E-state index in [1.807, 2.05) is 11.8 Å². The van der Waals surface area contributed by atoms with E-state index in [2.05, 4.69) is 5.32 Å². The lowest BCUT2D eigenvalue weighted by Crippen LogP contribution is -2.46. The van der Waals surface area contributed by atoms with Crippen LogP contribution >= 0.6 is 0 Å². The summed E-state index contributed by atoms with van der Waals surface area (Å²) >= 11 is 0. The summed E-state index contributed by atoms with van der Waals surface area (Å²) in [7, 11) is 0. The Morgan fingerprint density at radius 2 is 1.94 bits per heavy atom. The maximum Gasteiger partial charge on any atom is 0.317 e. The molecule has 100 valence electrons. The van der Waals surface area contributed by atoms with Crippen LogP contribution in [0.25, 0.3) is 0 Å². The highest BCUT2D eigenvalue weighted by molar-refractivity contribution is 5.74. The molecule has 1 saturated carbocycles. The number of carbonyl (C=O) groups is 1. The van der Waals surface area contributed by atoms with Crippen LogP contribution in [0.3, 0.4) is 0 Å². The SMILES string of the molecule is CCNC(=O)N(CCCN)C1CCCCCC1. The van der Waals surface area contributed by atoms with Gasteiger partial charge in [-0.3, -0.25) is 0 Å². The predicted octanol–water partition coefficient (Wildman–Crippen LogP) is 2.09. The van der Waals surface area contributed by atoms with E-state index in [0.717, 1.165) is 25.8 Å². The van der Waals surface area contributed by atoms with Gasteiger partial charge in [0, 0.05) is 19.1 Å². The van der Waals surface area contributed by atoms with Gasteiger partial charge in [0.25, 0.3) is 0 Å². The lowest BCUT2D eigenvalue weighted by Gasteiger charge is -2.31. The first-order valence-electron chi connectivity index (χ1n) is 7.04. The van der Waals surface area contributed by atoms with Gasteiger partial charge in [0.2, 0.25) is 0 Å². The van der Waals surface area contributed by atoms with Crippen molar-refractivity contribution in [2.75, 3.05) is 19.6 Å². The van der Waals surface area contributed by atoms with Crippen molar-refractivity contribution in [3.8, 4) is 0 Å². The van der Waals surface area contributed by atoms with Gasteiger partial charge in [-0.05, 0) is 32.7 Å². The number of hydrogen-bond donors (Lipinski definition) is 2. The van der Waals surface area contributed by atoms with Crippen molar-refractivity contribution in [1.29, 1.82) is 0 Å². The van der Waals surface area contributed by atoms with Crippen LogP contribution in [0.15, 0.2) is 0 Å². The first-order valence-corrected chi connectivity index (χ1v) is 7.04. The zero-order valence-electron chi connectivity index (χ0n) is 11.1. The zero-order valence-corrected chi connectivity index (χ0v) is 11.1. The number of rotatable bonds is 5. The standard InChI is InChI=1S/C13H27N3O/c1-2-15-13(17)16(11-7-10-14)12-8-5-3-4-6-9-12/h12H,2-11,14H2,1H3,(H,15,17). The number of amides is 2. The van der Waals surface area contributed by atoms with E-state index in [1.165, 1.54) is 25.7 Å². The number of hydrogen-bond acceptors (Lipinski definition) is 2. The predicted molar refractivity (Wildman–Crippen MR) is 70.9 cm³/mol. The van der Waals surface area contributed by atoms with Crippen molar-refractivity contribution in [3.63, 3.8) is 0 Å². The molecule has 0 aromatic rings. The van der Waals surface area contributed by atoms with E-state index in [-0.39, 0.29) is 6.03 Å². The van der Waals surface area contributed by atoms with E-state index in [0.29, 0.717) is 19.1 Å². The molecule has 17 heavy (non-hydrogen) atoms. The Balaban J connectivity index is 2.55. The Hall–Kier alpha value is -0.770. The second-order valence-electron chi connectivity index (χ2n) is 4.82. The van der Waals surface area contributed by atoms with Gasteiger partial charge in [0.15, 0.2) is 0 Å². The quantitative estimate of drug-likeness (QED) is 0.724. The largest absolute Gasteiger partial charge is 0.338 e. The number of carbonyl (C=O) groups excluding carboxylic acids is 1. The highest BCUT2D eigenvalue weighted by Gasteiger charge is 2.23. The molecule has 0 spiro atoms. The molecule has 4 nitrogen and oxygen atoms in total. The maximum absolute atomic E-state index is 12.0. The second kappa shape index (κ2) is 8.34. The third-order valence-corrected chi connectivity index (χ3v) is 3.46. The van der Waals surface area contributed by atoms with Gasteiger partial charge in [0.1, 0.15) is 0 Å². The third kappa shape index (κ3) is 4.94. The van der Waals surface area contributed by atoms with Crippen molar-refractivity contribution in [2.45, 2.75) is 57.9 Å². The topological polar surface area (TPSA) is 58.4 Å². The number of urea groups is 1. The summed E-state index contributed by atoms with van der Waals surface area (Å²) in [6.07, 6.45) is 8.34. The number of nitrogens with zero attached hydrogens (tertiary/aromatic N) is 1. The molecule has 1 aliphatic rings. The first kappa shape index (κ1) is 14.3. The minimum Gasteiger partial charge on any atom is -0.338 e. The molecule has 0 heterocycles. The molecule has 0 aromatic heterocycles. The normalized spacial score (nSPS) is 17.5. The van der Waals surface area contributed by atoms with Crippen molar-refractivity contribution >= 4 is 6.03 Å². The van der Waals surface area contributed by atoms with Crippen LogP contribution < -0.4 is 11.1 Å². The fourth-order valence-electron chi connectivity index (χ4n) is 2.53. The number of nitrogens with one attached hydrogen (secondary N) is 1. The summed E-state index contributed by atoms with van der Waals surface area (Å²) in [4.78, 5) is 14.1. The molecule has 3 N–H and O–H groups in total. The average Bonchev–Trinajstić information content (AvgIpc) is 2.59. The Labute approximate surface area is 105 Å². The van der Waals surface area contributed by atoms with Crippen LogP contribution in [0.2, 0.25) is 0 Å². The second-order valence-corrected chi connectivity index (χ2v) is 4.82. The van der Waals surface area contributed by atoms with Gasteiger partial charge in [-0.15, -0.1) is 0 Å². The number of nitrogens with two attached hydrogens (primary N) is 1. The summed E-state index contributed by atoms with van der Waals surface area (Å²) in [5.41, 5.74) is 5.55. The molecule has 2 amide bonds. The molecule has 0 saturated heterocycles. The smallest absolute Gasteiger partial charge is 0.317 e. The molecule has 0 atom stereocenters. The lowest BCUT2D eigenvalue weighted by atomic mass is 10.1. The summed E-state index contributed by atoms with van der Waals surface area (Å²) in [5, 5.41) is 2.92. The fraction of sp³-hybridized carbons (Fsp3) is 0.923. The zero-order chi connectivity index (χ0) is 12.5. The first-order chi connectivity index (χ1) is 8.29. The summed E-state index contributed by atoms with van der Waals surface area (Å²) in [5.74, 6) is 0. The van der Waals surface area contributed by atoms with Crippen LogP contribution in [0.5, 0.6) is 0 Å². The van der Waals surface area contributed by atoms with E-state index in [9.17, 15) is 4.79 Å². The molecule has 0 radical (unpaired) electrons. The summed E-state index contributed by atoms with van der Waals surface area (Å²) < 4.78 is 0. The van der Waals surface area contributed by atoms with Crippen LogP contribution in [-0.2, 0) is 0 Å². The molecule has 0 unspecified atom stereocenters. The molecule has 1 fully saturated rings. The monoisotopic (exact) mass is 241 g/mol. The Morgan fingerprint density at radius 3 is 2.47 bits per heavy atom. The van der Waals surface area contributed by atoms with E-state index >= 15 is 0 Å². The minimum atomic E-state index is 0.0906. The average molecular weight is 241 g/mol. The summed E-state index contributed by atoms with van der Waals surface area (Å²) in [6.45, 7) is 4.12. The molecule has 1 aliphatic carbocycles. The Morgan fingerprint density at radius 1 is 1.29 bits per heavy atom. The van der Waals surface area contributed by atoms with Gasteiger partial charge >= 0.3 is 6.03 Å². The minimum absolute atomic E-state index is 0.0906. The van der Waals surface area contributed by atoms with Gasteiger partial charge in [-0.2, -0.15) is 0 Å². The van der Waals surface area contributed by atoms with Crippen LogP contribution in [-0.4, -0.2) is 36.6 Å². The van der Waals surface area contributed by atoms with Crippen LogP contribution in [0.4, 0.5) is 4.79 Å². The van der Waals surface area contributed by atoms with E-state index in [4.69, 9.17) is 5.73 Å². The summed E-state index contributed by atoms with van der Waals surface area (Å²) in [6, 6.07) is 0.517. The molecule has 0 aromatic carbocycles. The van der Waals surface area contributed by atoms with Crippen molar-refractivity contribution in [3.05, 3.63) is 0 Å². The van der Waals surface area contributed by atoms with Gasteiger partial charge in [-0.25, -0.2) is 4.79 Å². The molecule has 4 heteroatoms. The fourth-order valence-corrected chi connectivity index (χ4v) is 2.53. The van der Waals surface area contributed by atoms with E-state index < -0.39 is 0 Å². The van der Waals surface area contributed by atoms with E-state index in [1.54, 1.807) is 0 Å². The van der Waals surface area contributed by atoms with Gasteiger partial charge in [0.05, 0.1) is 0 Å². The molecule has 0 aliphatic heterocycles. The van der Waals surface area contributed by atoms with Crippen LogP contribution in [0.1, 0.15) is 51.9 Å². The van der Waals surface area contributed by atoms with Crippen LogP contribution in [0, 0.1) is 0 Å². The maximum atomic E-state index is 12.0. The van der Waals surface area contributed by atoms with Crippen molar-refractivity contribution in [1.82, 2.24) is 10.2 Å². The Kier molecular flexibility index (Phi) is 7.01. The lowest BCUT2D eigenvalue weighted by molar-refractivity contribution is 0.167. The Bertz CT molecular complexity index is 213. The highest BCUT2D eigenvalue weighted by atomic mass is 16.2. The highest BCUT2D eigenvalue weighted by Crippen LogP contribution is 2.22. The third-order valence-electron chi connectivity index (χ3n) is 3.46. The molecular weight excluding hydrogens is 214 g/mol. The molecule has 1 rings (SSSR count).